The lowest BCUT2D eigenvalue weighted by atomic mass is 9.96. The zero-order chi connectivity index (χ0) is 18.0. The zero-order valence-electron chi connectivity index (χ0n) is 12.9. The molecule has 0 radical (unpaired) electrons. The number of carbonyl (C=O) groups is 1. The minimum absolute atomic E-state index is 0.119. The van der Waals surface area contributed by atoms with Crippen LogP contribution in [-0.2, 0) is 6.42 Å². The van der Waals surface area contributed by atoms with Gasteiger partial charge in [-0.25, -0.2) is 4.39 Å². The third-order valence-electron chi connectivity index (χ3n) is 3.28. The van der Waals surface area contributed by atoms with Gasteiger partial charge in [-0.15, -0.1) is 0 Å². The summed E-state index contributed by atoms with van der Waals surface area (Å²) in [6.07, 6.45) is -5.63. The van der Waals surface area contributed by atoms with Gasteiger partial charge in [-0.3, -0.25) is 9.78 Å². The topological polar surface area (TPSA) is 88.2 Å². The highest BCUT2D eigenvalue weighted by Crippen LogP contribution is 2.27. The molecular formula is C14H19F4N3O2. The number of nitrogens with zero attached hydrogens (tertiary/aromatic N) is 1. The monoisotopic (exact) mass is 337 g/mol. The molecule has 1 heterocycles. The second kappa shape index (κ2) is 6.69. The summed E-state index contributed by atoms with van der Waals surface area (Å²) >= 11 is 0. The highest BCUT2D eigenvalue weighted by atomic mass is 19.4. The number of nitrogens with one attached hydrogen (secondary N) is 1. The molecular weight excluding hydrogens is 318 g/mol. The molecule has 130 valence electrons. The molecule has 1 rings (SSSR count). The number of rotatable bonds is 6. The summed E-state index contributed by atoms with van der Waals surface area (Å²) in [5, 5.41) is 11.7. The van der Waals surface area contributed by atoms with Gasteiger partial charge in [0.2, 0.25) is 0 Å². The first kappa shape index (κ1) is 19.1. The second-order valence-corrected chi connectivity index (χ2v) is 5.78. The van der Waals surface area contributed by atoms with Gasteiger partial charge in [-0.05, 0) is 26.8 Å². The van der Waals surface area contributed by atoms with Crippen LogP contribution in [0.25, 0.3) is 0 Å². The number of nitrogens with two attached hydrogens (primary N) is 1. The molecule has 0 aromatic carbocycles. The number of amides is 1. The van der Waals surface area contributed by atoms with E-state index in [0.29, 0.717) is 0 Å². The van der Waals surface area contributed by atoms with E-state index < -0.39 is 36.3 Å². The molecule has 1 aromatic rings. The lowest BCUT2D eigenvalue weighted by molar-refractivity contribution is -0.138. The van der Waals surface area contributed by atoms with Crippen LogP contribution in [0.4, 0.5) is 23.2 Å². The third kappa shape index (κ3) is 5.05. The van der Waals surface area contributed by atoms with Gasteiger partial charge in [0.15, 0.2) is 0 Å². The molecule has 9 heteroatoms. The Balaban J connectivity index is 3.20. The van der Waals surface area contributed by atoms with E-state index in [1.54, 1.807) is 0 Å². The Hall–Kier alpha value is -1.90. The van der Waals surface area contributed by atoms with Gasteiger partial charge in [0.25, 0.3) is 5.91 Å². The van der Waals surface area contributed by atoms with Crippen molar-refractivity contribution in [2.75, 3.05) is 5.32 Å². The van der Waals surface area contributed by atoms with Crippen LogP contribution in [0.1, 0.15) is 36.8 Å². The Morgan fingerprint density at radius 3 is 2.43 bits per heavy atom. The fourth-order valence-electron chi connectivity index (χ4n) is 1.79. The van der Waals surface area contributed by atoms with Crippen molar-refractivity contribution < 1.29 is 27.5 Å². The first-order valence-corrected chi connectivity index (χ1v) is 6.81. The maximum Gasteiger partial charge on any atom is 0.408 e. The van der Waals surface area contributed by atoms with Crippen molar-refractivity contribution in [2.45, 2.75) is 51.2 Å². The predicted octanol–water partition coefficient (Wildman–Crippen LogP) is 2.19. The van der Waals surface area contributed by atoms with Crippen LogP contribution in [0.15, 0.2) is 12.3 Å². The number of alkyl halides is 4. The molecule has 0 aliphatic heterocycles. The molecule has 0 saturated carbocycles. The van der Waals surface area contributed by atoms with E-state index in [9.17, 15) is 27.5 Å². The molecule has 1 amide bonds. The molecule has 0 fully saturated rings. The van der Waals surface area contributed by atoms with Gasteiger partial charge in [-0.2, -0.15) is 13.2 Å². The summed E-state index contributed by atoms with van der Waals surface area (Å²) in [7, 11) is 0. The normalized spacial score (nSPS) is 15.1. The van der Waals surface area contributed by atoms with Crippen LogP contribution in [0.5, 0.6) is 0 Å². The van der Waals surface area contributed by atoms with Crippen molar-refractivity contribution in [2.24, 2.45) is 5.73 Å². The molecule has 4 N–H and O–H groups in total. The number of halogens is 4. The fourth-order valence-corrected chi connectivity index (χ4v) is 1.79. The Bertz CT molecular complexity index is 530. The smallest absolute Gasteiger partial charge is 0.387 e. The summed E-state index contributed by atoms with van der Waals surface area (Å²) in [4.78, 5) is 15.4. The largest absolute Gasteiger partial charge is 0.408 e. The van der Waals surface area contributed by atoms with Crippen molar-refractivity contribution in [3.8, 4) is 0 Å². The van der Waals surface area contributed by atoms with Crippen LogP contribution in [-0.4, -0.2) is 40.0 Å². The summed E-state index contributed by atoms with van der Waals surface area (Å²) in [6.45, 7) is 3.34. The lowest BCUT2D eigenvalue weighted by Crippen LogP contribution is -2.36. The van der Waals surface area contributed by atoms with Gasteiger partial charge in [-0.1, -0.05) is 0 Å². The molecule has 23 heavy (non-hydrogen) atoms. The van der Waals surface area contributed by atoms with Gasteiger partial charge in [0, 0.05) is 12.6 Å². The number of carbonyl (C=O) groups excluding carboxylic acids is 1. The molecule has 0 spiro atoms. The molecule has 0 aliphatic rings. The van der Waals surface area contributed by atoms with E-state index in [1.165, 1.54) is 13.8 Å². The first-order chi connectivity index (χ1) is 10.3. The number of primary amides is 1. The molecule has 2 unspecified atom stereocenters. The van der Waals surface area contributed by atoms with Crippen LogP contribution < -0.4 is 11.1 Å². The first-order valence-electron chi connectivity index (χ1n) is 6.81. The molecule has 0 aliphatic carbocycles. The zero-order valence-corrected chi connectivity index (χ0v) is 12.9. The quantitative estimate of drug-likeness (QED) is 0.695. The van der Waals surface area contributed by atoms with E-state index in [4.69, 9.17) is 5.73 Å². The predicted molar refractivity (Wildman–Crippen MR) is 76.8 cm³/mol. The van der Waals surface area contributed by atoms with Gasteiger partial charge in [0.05, 0.1) is 22.5 Å². The van der Waals surface area contributed by atoms with Crippen molar-refractivity contribution in [3.63, 3.8) is 0 Å². The van der Waals surface area contributed by atoms with Gasteiger partial charge < -0.3 is 16.2 Å². The van der Waals surface area contributed by atoms with Crippen LogP contribution in [0, 0.1) is 0 Å². The van der Waals surface area contributed by atoms with E-state index in [2.05, 4.69) is 10.3 Å². The minimum atomic E-state index is -4.53. The number of hydrogen-bond acceptors (Lipinski definition) is 4. The molecule has 1 aromatic heterocycles. The molecule has 0 saturated heterocycles. The maximum absolute atomic E-state index is 14.0. The van der Waals surface area contributed by atoms with Crippen molar-refractivity contribution >= 4 is 11.6 Å². The number of hydrogen-bond donors (Lipinski definition) is 3. The van der Waals surface area contributed by atoms with E-state index >= 15 is 0 Å². The van der Waals surface area contributed by atoms with Gasteiger partial charge >= 0.3 is 6.18 Å². The Labute approximate surface area is 130 Å². The average molecular weight is 337 g/mol. The van der Waals surface area contributed by atoms with E-state index in [-0.39, 0.29) is 16.9 Å². The number of aromatic nitrogens is 1. The van der Waals surface area contributed by atoms with Crippen molar-refractivity contribution in [1.29, 1.82) is 0 Å². The van der Waals surface area contributed by atoms with Crippen LogP contribution in [0.2, 0.25) is 0 Å². The SMILES string of the molecule is CC(Nc1ccnc(CC(F)C(C)(C)O)c1C(N)=O)C(F)(F)F. The lowest BCUT2D eigenvalue weighted by Gasteiger charge is -2.24. The Kier molecular flexibility index (Phi) is 5.57. The molecule has 5 nitrogen and oxygen atoms in total. The van der Waals surface area contributed by atoms with Gasteiger partial charge in [0.1, 0.15) is 12.2 Å². The van der Waals surface area contributed by atoms with E-state index in [0.717, 1.165) is 19.2 Å². The van der Waals surface area contributed by atoms with E-state index in [1.807, 2.05) is 0 Å². The summed E-state index contributed by atoms with van der Waals surface area (Å²) < 4.78 is 51.9. The highest BCUT2D eigenvalue weighted by Gasteiger charge is 2.37. The number of anilines is 1. The average Bonchev–Trinajstić information content (AvgIpc) is 2.36. The Morgan fingerprint density at radius 2 is 2.00 bits per heavy atom. The molecule has 0 bridgehead atoms. The highest BCUT2D eigenvalue weighted by molar-refractivity contribution is 5.99. The van der Waals surface area contributed by atoms with Crippen molar-refractivity contribution in [1.82, 2.24) is 4.98 Å². The number of aliphatic hydroxyl groups is 1. The van der Waals surface area contributed by atoms with Crippen LogP contribution >= 0.6 is 0 Å². The summed E-state index contributed by atoms with van der Waals surface area (Å²) in [6, 6.07) is -0.783. The fraction of sp³-hybridized carbons (Fsp3) is 0.571. The molecule has 2 atom stereocenters. The van der Waals surface area contributed by atoms with Crippen LogP contribution in [0.3, 0.4) is 0 Å². The number of pyridine rings is 1. The standard InChI is InChI=1S/C14H19F4N3O2/c1-7(14(16,17)18)21-8-4-5-20-9(11(8)12(19)22)6-10(15)13(2,3)23/h4-5,7,10,23H,6H2,1-3H3,(H2,19,22)(H,20,21). The minimum Gasteiger partial charge on any atom is -0.387 e. The maximum atomic E-state index is 14.0. The second-order valence-electron chi connectivity index (χ2n) is 5.78. The third-order valence-corrected chi connectivity index (χ3v) is 3.28. The van der Waals surface area contributed by atoms with Crippen molar-refractivity contribution in [3.05, 3.63) is 23.5 Å². The Morgan fingerprint density at radius 1 is 1.43 bits per heavy atom. The summed E-state index contributed by atoms with van der Waals surface area (Å²) in [5.41, 5.74) is 2.88. The summed E-state index contributed by atoms with van der Waals surface area (Å²) in [5.74, 6) is -1.03.